The second kappa shape index (κ2) is 11.8. The fourth-order valence-corrected chi connectivity index (χ4v) is 1.74. The van der Waals surface area contributed by atoms with Crippen molar-refractivity contribution in [2.24, 2.45) is 0 Å². The maximum absolute atomic E-state index is 11.5. The van der Waals surface area contributed by atoms with Crippen molar-refractivity contribution < 1.29 is 14.3 Å². The molecule has 0 N–H and O–H groups in total. The third-order valence-corrected chi connectivity index (χ3v) is 2.83. The Balaban J connectivity index is 3.79. The first-order valence-electron chi connectivity index (χ1n) is 7.22. The Hall–Kier alpha value is -1.32. The molecule has 0 aromatic heterocycles. The van der Waals surface area contributed by atoms with Gasteiger partial charge < -0.3 is 9.64 Å². The van der Waals surface area contributed by atoms with Crippen molar-refractivity contribution in [3.05, 3.63) is 12.7 Å². The van der Waals surface area contributed by atoms with Gasteiger partial charge in [-0.05, 0) is 18.9 Å². The summed E-state index contributed by atoms with van der Waals surface area (Å²) in [5.74, 6) is -0.355. The fourth-order valence-electron chi connectivity index (χ4n) is 1.74. The summed E-state index contributed by atoms with van der Waals surface area (Å²) in [6.07, 6.45) is 6.77. The lowest BCUT2D eigenvalue weighted by Gasteiger charge is -2.19. The molecule has 0 aliphatic rings. The maximum Gasteiger partial charge on any atom is 0.307 e. The Labute approximate surface area is 116 Å². The van der Waals surface area contributed by atoms with Gasteiger partial charge in [0.1, 0.15) is 0 Å². The minimum absolute atomic E-state index is 0.127. The van der Waals surface area contributed by atoms with Gasteiger partial charge in [0.2, 0.25) is 5.91 Å². The molecule has 0 unspecified atom stereocenters. The molecule has 0 saturated heterocycles. The van der Waals surface area contributed by atoms with E-state index in [1.54, 1.807) is 4.90 Å². The molecular weight excluding hydrogens is 242 g/mol. The van der Waals surface area contributed by atoms with Gasteiger partial charge in [-0.1, -0.05) is 39.7 Å². The second-order valence-electron chi connectivity index (χ2n) is 4.56. The molecule has 1 amide bonds. The van der Waals surface area contributed by atoms with E-state index in [4.69, 9.17) is 4.74 Å². The van der Waals surface area contributed by atoms with Gasteiger partial charge >= 0.3 is 5.97 Å². The molecule has 4 nitrogen and oxygen atoms in total. The van der Waals surface area contributed by atoms with Gasteiger partial charge in [0, 0.05) is 13.1 Å². The predicted molar refractivity (Wildman–Crippen MR) is 76.8 cm³/mol. The van der Waals surface area contributed by atoms with E-state index in [0.717, 1.165) is 19.3 Å². The van der Waals surface area contributed by atoms with Gasteiger partial charge in [-0.15, -0.1) is 0 Å². The van der Waals surface area contributed by atoms with E-state index >= 15 is 0 Å². The molecule has 0 bridgehead atoms. The van der Waals surface area contributed by atoms with Crippen LogP contribution in [0.4, 0.5) is 0 Å². The van der Waals surface area contributed by atoms with Crippen LogP contribution in [-0.2, 0) is 14.3 Å². The van der Waals surface area contributed by atoms with Crippen LogP contribution in [0, 0.1) is 0 Å². The van der Waals surface area contributed by atoms with E-state index in [0.29, 0.717) is 19.7 Å². The van der Waals surface area contributed by atoms with E-state index in [9.17, 15) is 9.59 Å². The molecule has 0 spiro atoms. The first-order chi connectivity index (χ1) is 9.15. The van der Waals surface area contributed by atoms with Crippen LogP contribution < -0.4 is 0 Å². The Morgan fingerprint density at radius 1 is 1.11 bits per heavy atom. The summed E-state index contributed by atoms with van der Waals surface area (Å²) in [4.78, 5) is 24.6. The third kappa shape index (κ3) is 9.28. The number of rotatable bonds is 11. The molecule has 0 saturated carbocycles. The van der Waals surface area contributed by atoms with E-state index in [1.165, 1.54) is 18.9 Å². The number of ether oxygens (including phenoxy) is 1. The molecule has 0 aliphatic carbocycles. The van der Waals surface area contributed by atoms with Crippen LogP contribution in [0.5, 0.6) is 0 Å². The van der Waals surface area contributed by atoms with Crippen LogP contribution in [0.3, 0.4) is 0 Å². The van der Waals surface area contributed by atoms with E-state index in [1.807, 2.05) is 6.92 Å². The van der Waals surface area contributed by atoms with Crippen LogP contribution in [0.2, 0.25) is 0 Å². The zero-order valence-electron chi connectivity index (χ0n) is 12.3. The number of unbranched alkanes of at least 4 members (excludes halogenated alkanes) is 3. The topological polar surface area (TPSA) is 46.6 Å². The fraction of sp³-hybridized carbons (Fsp3) is 0.733. The molecule has 0 atom stereocenters. The molecule has 0 fully saturated rings. The highest BCUT2D eigenvalue weighted by molar-refractivity contribution is 5.87. The number of nitrogens with zero attached hydrogens (tertiary/aromatic N) is 1. The largest absolute Gasteiger partial charge is 0.466 e. The number of hydrogen-bond donors (Lipinski definition) is 0. The number of carbonyl (C=O) groups is 2. The molecule has 0 rings (SSSR count). The van der Waals surface area contributed by atoms with Crippen LogP contribution in [0.1, 0.15) is 52.4 Å². The van der Waals surface area contributed by atoms with Gasteiger partial charge in [-0.25, -0.2) is 0 Å². The maximum atomic E-state index is 11.5. The lowest BCUT2D eigenvalue weighted by molar-refractivity contribution is -0.144. The van der Waals surface area contributed by atoms with Crippen molar-refractivity contribution in [3.63, 3.8) is 0 Å². The summed E-state index contributed by atoms with van der Waals surface area (Å²) in [5, 5.41) is 0. The molecule has 0 radical (unpaired) electrons. The molecule has 19 heavy (non-hydrogen) atoms. The van der Waals surface area contributed by atoms with E-state index in [-0.39, 0.29) is 18.3 Å². The number of carbonyl (C=O) groups excluding carboxylic acids is 2. The number of amides is 1. The molecule has 0 aromatic rings. The number of hydrogen-bond acceptors (Lipinski definition) is 3. The average molecular weight is 269 g/mol. The van der Waals surface area contributed by atoms with Crippen LogP contribution in [0.15, 0.2) is 12.7 Å². The summed E-state index contributed by atoms with van der Waals surface area (Å²) in [6.45, 7) is 9.15. The highest BCUT2D eigenvalue weighted by Crippen LogP contribution is 2.01. The Morgan fingerprint density at radius 3 is 2.42 bits per heavy atom. The molecule has 0 aromatic carbocycles. The van der Waals surface area contributed by atoms with E-state index in [2.05, 4.69) is 13.5 Å². The standard InChI is InChI=1S/C15H27NO3/c1-4-7-8-9-13-19-15(18)10-12-16(11-5-2)14(17)6-3/h6H,3-5,7-13H2,1-2H3. The summed E-state index contributed by atoms with van der Waals surface area (Å²) >= 11 is 0. The molecule has 4 heteroatoms. The highest BCUT2D eigenvalue weighted by Gasteiger charge is 2.11. The minimum Gasteiger partial charge on any atom is -0.466 e. The molecule has 0 aliphatic heterocycles. The van der Waals surface area contributed by atoms with Crippen LogP contribution in [-0.4, -0.2) is 36.5 Å². The van der Waals surface area contributed by atoms with Gasteiger partial charge in [0.25, 0.3) is 0 Å². The Kier molecular flexibility index (Phi) is 10.9. The second-order valence-corrected chi connectivity index (χ2v) is 4.56. The first kappa shape index (κ1) is 17.7. The van der Waals surface area contributed by atoms with Gasteiger partial charge in [0.15, 0.2) is 0 Å². The lowest BCUT2D eigenvalue weighted by Crippen LogP contribution is -2.32. The molecular formula is C15H27NO3. The van der Waals surface area contributed by atoms with Crippen molar-refractivity contribution in [1.82, 2.24) is 4.90 Å². The highest BCUT2D eigenvalue weighted by atomic mass is 16.5. The van der Waals surface area contributed by atoms with E-state index < -0.39 is 0 Å². The van der Waals surface area contributed by atoms with Gasteiger partial charge in [-0.3, -0.25) is 9.59 Å². The normalized spacial score (nSPS) is 10.0. The smallest absolute Gasteiger partial charge is 0.307 e. The SMILES string of the molecule is C=CC(=O)N(CCC)CCC(=O)OCCCCCC. The summed E-state index contributed by atoms with van der Waals surface area (Å²) in [5.41, 5.74) is 0. The van der Waals surface area contributed by atoms with Crippen molar-refractivity contribution >= 4 is 11.9 Å². The zero-order valence-corrected chi connectivity index (χ0v) is 12.3. The Bertz CT molecular complexity index is 277. The van der Waals surface area contributed by atoms with Crippen molar-refractivity contribution in [2.45, 2.75) is 52.4 Å². The van der Waals surface area contributed by atoms with Crippen LogP contribution in [0.25, 0.3) is 0 Å². The summed E-state index contributed by atoms with van der Waals surface area (Å²) in [7, 11) is 0. The predicted octanol–water partition coefficient (Wildman–Crippen LogP) is 2.92. The van der Waals surface area contributed by atoms with Crippen LogP contribution >= 0.6 is 0 Å². The quantitative estimate of drug-likeness (QED) is 0.329. The monoisotopic (exact) mass is 269 g/mol. The first-order valence-corrected chi connectivity index (χ1v) is 7.22. The molecule has 110 valence electrons. The molecule has 0 heterocycles. The van der Waals surface area contributed by atoms with Gasteiger partial charge in [-0.2, -0.15) is 0 Å². The lowest BCUT2D eigenvalue weighted by atomic mass is 10.2. The zero-order chi connectivity index (χ0) is 14.5. The minimum atomic E-state index is -0.227. The van der Waals surface area contributed by atoms with Crippen molar-refractivity contribution in [1.29, 1.82) is 0 Å². The van der Waals surface area contributed by atoms with Crippen molar-refractivity contribution in [2.75, 3.05) is 19.7 Å². The summed E-state index contributed by atoms with van der Waals surface area (Å²) < 4.78 is 5.13. The van der Waals surface area contributed by atoms with Crippen molar-refractivity contribution in [3.8, 4) is 0 Å². The van der Waals surface area contributed by atoms with Gasteiger partial charge in [0.05, 0.1) is 13.0 Å². The average Bonchev–Trinajstić information content (AvgIpc) is 2.42. The number of esters is 1. The third-order valence-electron chi connectivity index (χ3n) is 2.83. The summed E-state index contributed by atoms with van der Waals surface area (Å²) in [6, 6.07) is 0. The Morgan fingerprint density at radius 2 is 1.84 bits per heavy atom.